The topological polar surface area (TPSA) is 56.1 Å². The Bertz CT molecular complexity index is 827. The average Bonchev–Trinajstić information content (AvgIpc) is 3.30. The van der Waals surface area contributed by atoms with Gasteiger partial charge in [-0.25, -0.2) is 4.98 Å². The molecule has 2 aromatic rings. The molecule has 0 bridgehead atoms. The molecule has 1 spiro atoms. The van der Waals surface area contributed by atoms with Crippen molar-refractivity contribution in [1.82, 2.24) is 14.3 Å². The minimum Gasteiger partial charge on any atom is -0.381 e. The van der Waals surface area contributed by atoms with E-state index in [9.17, 15) is 4.79 Å². The van der Waals surface area contributed by atoms with E-state index in [1.54, 1.807) is 6.20 Å². The predicted molar refractivity (Wildman–Crippen MR) is 104 cm³/mol. The smallest absolute Gasteiger partial charge is 0.272 e. The maximum atomic E-state index is 12.9. The first-order chi connectivity index (χ1) is 13.2. The summed E-state index contributed by atoms with van der Waals surface area (Å²) in [5.41, 5.74) is 1.46. The number of imidazole rings is 1. The fraction of sp³-hybridized carbons (Fsp3) is 0.600. The highest BCUT2D eigenvalue weighted by molar-refractivity contribution is 8.01. The maximum absolute atomic E-state index is 12.9. The lowest BCUT2D eigenvalue weighted by molar-refractivity contribution is -0.0119. The van der Waals surface area contributed by atoms with Crippen molar-refractivity contribution in [3.8, 4) is 0 Å². The quantitative estimate of drug-likeness (QED) is 0.807. The van der Waals surface area contributed by atoms with Gasteiger partial charge in [0.1, 0.15) is 11.3 Å². The number of ether oxygens (including phenoxy) is 2. The lowest BCUT2D eigenvalue weighted by Gasteiger charge is -2.47. The highest BCUT2D eigenvalue weighted by Gasteiger charge is 2.51. The molecule has 6 nitrogen and oxygen atoms in total. The lowest BCUT2D eigenvalue weighted by Crippen LogP contribution is -2.60. The van der Waals surface area contributed by atoms with Crippen molar-refractivity contribution >= 4 is 23.3 Å². The zero-order valence-electron chi connectivity index (χ0n) is 15.4. The molecule has 3 fully saturated rings. The fourth-order valence-electron chi connectivity index (χ4n) is 4.36. The van der Waals surface area contributed by atoms with Gasteiger partial charge in [-0.15, -0.1) is 11.8 Å². The Kier molecular flexibility index (Phi) is 4.61. The minimum atomic E-state index is 0.0755. The Morgan fingerprint density at radius 1 is 1.33 bits per heavy atom. The summed E-state index contributed by atoms with van der Waals surface area (Å²) in [7, 11) is 0. The lowest BCUT2D eigenvalue weighted by atomic mass is 9.92. The van der Waals surface area contributed by atoms with Crippen LogP contribution in [0.25, 0.3) is 5.65 Å². The molecule has 0 aromatic carbocycles. The molecule has 0 unspecified atom stereocenters. The van der Waals surface area contributed by atoms with Gasteiger partial charge in [-0.05, 0) is 37.3 Å². The third-order valence-corrected chi connectivity index (χ3v) is 7.54. The average molecular weight is 388 g/mol. The number of fused-ring (bicyclic) bond motifs is 1. The van der Waals surface area contributed by atoms with Gasteiger partial charge in [0.05, 0.1) is 17.0 Å². The van der Waals surface area contributed by atoms with Crippen LogP contribution in [0, 0.1) is 5.92 Å². The summed E-state index contributed by atoms with van der Waals surface area (Å²) in [5, 5.41) is 0. The molecule has 144 valence electrons. The molecule has 3 aliphatic heterocycles. The van der Waals surface area contributed by atoms with Crippen LogP contribution in [-0.4, -0.2) is 69.7 Å². The molecule has 3 aliphatic rings. The number of carbonyl (C=O) groups excluding carboxylic acids is 1. The number of rotatable bonds is 4. The number of thioether (sulfide) groups is 1. The standard InChI is InChI=1S/C20H25N3O3S/c24-19(17-10-21-18-3-1-2-6-23(17)18)22-13-20(14-22)9-16(12-27-20)26-11-15-4-7-25-8-5-15/h1-3,6,10,15-16H,4-5,7-9,11-14H2/t16-/m0/s1. The van der Waals surface area contributed by atoms with Gasteiger partial charge in [-0.3, -0.25) is 9.20 Å². The predicted octanol–water partition coefficient (Wildman–Crippen LogP) is 2.48. The summed E-state index contributed by atoms with van der Waals surface area (Å²) >= 11 is 1.98. The summed E-state index contributed by atoms with van der Waals surface area (Å²) in [6, 6.07) is 5.78. The van der Waals surface area contributed by atoms with Crippen LogP contribution in [0.15, 0.2) is 30.6 Å². The Balaban J connectivity index is 1.15. The SMILES string of the molecule is O=C(c1cnc2ccccn12)N1CC2(C[C@H](OCC3CCOCC3)CS2)C1. The number of hydrogen-bond donors (Lipinski definition) is 0. The summed E-state index contributed by atoms with van der Waals surface area (Å²) < 4.78 is 13.7. The molecule has 2 aromatic heterocycles. The molecule has 27 heavy (non-hydrogen) atoms. The molecule has 0 aliphatic carbocycles. The minimum absolute atomic E-state index is 0.0755. The normalized spacial score (nSPS) is 25.2. The summed E-state index contributed by atoms with van der Waals surface area (Å²) in [6.45, 7) is 4.23. The van der Waals surface area contributed by atoms with Crippen molar-refractivity contribution in [2.24, 2.45) is 5.92 Å². The van der Waals surface area contributed by atoms with Crippen molar-refractivity contribution in [1.29, 1.82) is 0 Å². The first-order valence-corrected chi connectivity index (χ1v) is 10.8. The number of likely N-dealkylation sites (tertiary alicyclic amines) is 1. The first-order valence-electron chi connectivity index (χ1n) is 9.77. The number of hydrogen-bond acceptors (Lipinski definition) is 5. The fourth-order valence-corrected chi connectivity index (χ4v) is 5.91. The van der Waals surface area contributed by atoms with E-state index in [0.29, 0.717) is 17.7 Å². The van der Waals surface area contributed by atoms with Crippen LogP contribution in [0.1, 0.15) is 29.8 Å². The second-order valence-electron chi connectivity index (χ2n) is 7.94. The Labute approximate surface area is 163 Å². The molecule has 3 saturated heterocycles. The molecule has 0 N–H and O–H groups in total. The van der Waals surface area contributed by atoms with E-state index in [1.165, 1.54) is 0 Å². The van der Waals surface area contributed by atoms with E-state index in [-0.39, 0.29) is 10.7 Å². The zero-order chi connectivity index (χ0) is 18.3. The Morgan fingerprint density at radius 3 is 3.04 bits per heavy atom. The molecule has 0 saturated carbocycles. The number of carbonyl (C=O) groups is 1. The van der Waals surface area contributed by atoms with Gasteiger partial charge < -0.3 is 14.4 Å². The number of nitrogens with zero attached hydrogens (tertiary/aromatic N) is 3. The molecule has 1 atom stereocenters. The van der Waals surface area contributed by atoms with Gasteiger partial charge in [0.25, 0.3) is 5.91 Å². The molecule has 5 rings (SSSR count). The van der Waals surface area contributed by atoms with Gasteiger partial charge in [-0.1, -0.05) is 6.07 Å². The van der Waals surface area contributed by atoms with Crippen molar-refractivity contribution in [3.63, 3.8) is 0 Å². The highest BCUT2D eigenvalue weighted by atomic mass is 32.2. The van der Waals surface area contributed by atoms with E-state index < -0.39 is 0 Å². The van der Waals surface area contributed by atoms with Gasteiger partial charge >= 0.3 is 0 Å². The molecule has 5 heterocycles. The van der Waals surface area contributed by atoms with Crippen molar-refractivity contribution in [3.05, 3.63) is 36.3 Å². The highest BCUT2D eigenvalue weighted by Crippen LogP contribution is 2.46. The Morgan fingerprint density at radius 2 is 2.19 bits per heavy atom. The third kappa shape index (κ3) is 3.37. The van der Waals surface area contributed by atoms with Gasteiger partial charge in [0.2, 0.25) is 0 Å². The maximum Gasteiger partial charge on any atom is 0.272 e. The number of aromatic nitrogens is 2. The zero-order valence-corrected chi connectivity index (χ0v) is 16.2. The molecular formula is C20H25N3O3S. The van der Waals surface area contributed by atoms with Crippen LogP contribution < -0.4 is 0 Å². The van der Waals surface area contributed by atoms with Crippen molar-refractivity contribution in [2.45, 2.75) is 30.1 Å². The van der Waals surface area contributed by atoms with E-state index >= 15 is 0 Å². The Hall–Kier alpha value is -1.57. The second kappa shape index (κ2) is 7.11. The molecule has 7 heteroatoms. The molecule has 0 radical (unpaired) electrons. The monoisotopic (exact) mass is 387 g/mol. The van der Waals surface area contributed by atoms with Gasteiger partial charge in [0, 0.05) is 44.9 Å². The number of amides is 1. The summed E-state index contributed by atoms with van der Waals surface area (Å²) in [4.78, 5) is 19.1. The van der Waals surface area contributed by atoms with E-state index in [2.05, 4.69) is 4.98 Å². The number of pyridine rings is 1. The van der Waals surface area contributed by atoms with Crippen LogP contribution in [0.5, 0.6) is 0 Å². The van der Waals surface area contributed by atoms with Gasteiger partial charge in [0.15, 0.2) is 0 Å². The first kappa shape index (κ1) is 17.5. The van der Waals surface area contributed by atoms with E-state index in [0.717, 1.165) is 63.6 Å². The molecular weight excluding hydrogens is 362 g/mol. The van der Waals surface area contributed by atoms with Crippen LogP contribution in [0.2, 0.25) is 0 Å². The van der Waals surface area contributed by atoms with Crippen molar-refractivity contribution in [2.75, 3.05) is 38.7 Å². The van der Waals surface area contributed by atoms with E-state index in [4.69, 9.17) is 9.47 Å². The van der Waals surface area contributed by atoms with Crippen LogP contribution in [0.4, 0.5) is 0 Å². The largest absolute Gasteiger partial charge is 0.381 e. The van der Waals surface area contributed by atoms with E-state index in [1.807, 2.05) is 45.5 Å². The van der Waals surface area contributed by atoms with Crippen LogP contribution in [0.3, 0.4) is 0 Å². The van der Waals surface area contributed by atoms with Crippen LogP contribution >= 0.6 is 11.8 Å². The van der Waals surface area contributed by atoms with Crippen molar-refractivity contribution < 1.29 is 14.3 Å². The van der Waals surface area contributed by atoms with Gasteiger partial charge in [-0.2, -0.15) is 0 Å². The third-order valence-electron chi connectivity index (χ3n) is 5.96. The second-order valence-corrected chi connectivity index (χ2v) is 9.43. The summed E-state index contributed by atoms with van der Waals surface area (Å²) in [5.74, 6) is 1.77. The van der Waals surface area contributed by atoms with Crippen LogP contribution in [-0.2, 0) is 9.47 Å². The summed E-state index contributed by atoms with van der Waals surface area (Å²) in [6.07, 6.45) is 7.20. The molecule has 1 amide bonds.